The van der Waals surface area contributed by atoms with Crippen LogP contribution in [-0.2, 0) is 12.0 Å². The molecule has 156 valence electrons. The van der Waals surface area contributed by atoms with Crippen molar-refractivity contribution < 1.29 is 9.84 Å². The number of aromatic nitrogens is 2. The monoisotopic (exact) mass is 395 g/mol. The summed E-state index contributed by atoms with van der Waals surface area (Å²) in [5.74, 6) is 1.50. The van der Waals surface area contributed by atoms with Crippen molar-refractivity contribution in [2.75, 3.05) is 6.54 Å². The summed E-state index contributed by atoms with van der Waals surface area (Å²) < 4.78 is 5.64. The second-order valence-corrected chi connectivity index (χ2v) is 9.55. The van der Waals surface area contributed by atoms with Gasteiger partial charge in [-0.25, -0.2) is 4.98 Å². The molecule has 0 radical (unpaired) electrons. The molecule has 0 aliphatic carbocycles. The second-order valence-electron chi connectivity index (χ2n) is 9.55. The number of aliphatic hydroxyl groups excluding tert-OH is 1. The van der Waals surface area contributed by atoms with Gasteiger partial charge < -0.3 is 20.1 Å². The van der Waals surface area contributed by atoms with Crippen LogP contribution in [0.3, 0.4) is 0 Å². The lowest BCUT2D eigenvalue weighted by molar-refractivity contribution is -0.0154. The van der Waals surface area contributed by atoms with E-state index in [1.165, 1.54) is 5.56 Å². The molecule has 1 heterocycles. The summed E-state index contributed by atoms with van der Waals surface area (Å²) in [5, 5.41) is 13.4. The Hall–Kier alpha value is -2.37. The highest BCUT2D eigenvalue weighted by atomic mass is 16.6. The zero-order valence-electron chi connectivity index (χ0n) is 18.1. The van der Waals surface area contributed by atoms with E-state index in [0.29, 0.717) is 18.8 Å². The number of aromatic amines is 1. The van der Waals surface area contributed by atoms with Crippen LogP contribution in [0, 0.1) is 5.41 Å². The first-order valence-corrected chi connectivity index (χ1v) is 10.2. The highest BCUT2D eigenvalue weighted by molar-refractivity contribution is 5.74. The molecule has 5 nitrogen and oxygen atoms in total. The Morgan fingerprint density at radius 3 is 2.38 bits per heavy atom. The quantitative estimate of drug-likeness (QED) is 0.481. The largest absolute Gasteiger partial charge is 0.464 e. The first-order chi connectivity index (χ1) is 13.6. The molecule has 0 bridgehead atoms. The fraction of sp³-hybridized carbons (Fsp3) is 0.458. The molecule has 5 heteroatoms. The highest BCUT2D eigenvalue weighted by Crippen LogP contribution is 2.36. The number of hydrogen-bond donors (Lipinski definition) is 3. The van der Waals surface area contributed by atoms with Crippen LogP contribution >= 0.6 is 0 Å². The average molecular weight is 396 g/mol. The van der Waals surface area contributed by atoms with Gasteiger partial charge >= 0.3 is 0 Å². The van der Waals surface area contributed by atoms with Gasteiger partial charge in [0.2, 0.25) is 6.29 Å². The Morgan fingerprint density at radius 1 is 1.03 bits per heavy atom. The van der Waals surface area contributed by atoms with E-state index in [-0.39, 0.29) is 10.8 Å². The zero-order valence-corrected chi connectivity index (χ0v) is 18.1. The third kappa shape index (κ3) is 6.05. The van der Waals surface area contributed by atoms with Crippen LogP contribution < -0.4 is 10.1 Å². The van der Waals surface area contributed by atoms with Crippen molar-refractivity contribution in [2.24, 2.45) is 5.41 Å². The summed E-state index contributed by atoms with van der Waals surface area (Å²) in [6, 6.07) is 16.0. The van der Waals surface area contributed by atoms with Gasteiger partial charge in [-0.2, -0.15) is 0 Å². The molecule has 1 unspecified atom stereocenters. The predicted octanol–water partition coefficient (Wildman–Crippen LogP) is 4.76. The minimum Gasteiger partial charge on any atom is -0.464 e. The predicted molar refractivity (Wildman–Crippen MR) is 118 cm³/mol. The van der Waals surface area contributed by atoms with Crippen LogP contribution in [0.15, 0.2) is 48.5 Å². The van der Waals surface area contributed by atoms with E-state index >= 15 is 0 Å². The Balaban J connectivity index is 1.49. The van der Waals surface area contributed by atoms with Gasteiger partial charge in [0.05, 0.1) is 24.1 Å². The zero-order chi connectivity index (χ0) is 21.1. The first kappa shape index (κ1) is 21.3. The number of H-pyrrole nitrogens is 1. The average Bonchev–Trinajstić information content (AvgIpc) is 3.03. The Bertz CT molecular complexity index is 890. The molecule has 3 N–H and O–H groups in total. The number of fused-ring (bicyclic) bond motifs is 1. The summed E-state index contributed by atoms with van der Waals surface area (Å²) in [6.07, 6.45) is 0.168. The number of rotatable bonds is 8. The number of benzene rings is 2. The SMILES string of the molecule is CC(C)(C)CC(C)(C)c1ccc(OC(O)CNCc2nc3ccccc3[nH]2)cc1. The number of hydrogen-bond acceptors (Lipinski definition) is 4. The summed E-state index contributed by atoms with van der Waals surface area (Å²) in [4.78, 5) is 7.77. The molecular weight excluding hydrogens is 362 g/mol. The minimum atomic E-state index is -0.923. The van der Waals surface area contributed by atoms with Gasteiger partial charge in [-0.15, -0.1) is 0 Å². The number of ether oxygens (including phenoxy) is 1. The van der Waals surface area contributed by atoms with Crippen LogP contribution in [0.4, 0.5) is 0 Å². The van der Waals surface area contributed by atoms with E-state index in [1.54, 1.807) is 0 Å². The van der Waals surface area contributed by atoms with Gasteiger partial charge in [-0.1, -0.05) is 58.9 Å². The Morgan fingerprint density at radius 2 is 1.72 bits per heavy atom. The van der Waals surface area contributed by atoms with E-state index < -0.39 is 6.29 Å². The van der Waals surface area contributed by atoms with E-state index in [9.17, 15) is 5.11 Å². The summed E-state index contributed by atoms with van der Waals surface area (Å²) >= 11 is 0. The lowest BCUT2D eigenvalue weighted by Gasteiger charge is -2.33. The summed E-state index contributed by atoms with van der Waals surface area (Å²) in [5.41, 5.74) is 3.58. The molecule has 0 aliphatic rings. The number of nitrogens with one attached hydrogen (secondary N) is 2. The third-order valence-electron chi connectivity index (χ3n) is 4.93. The molecule has 0 fully saturated rings. The molecular formula is C24H33N3O2. The normalized spacial score (nSPS) is 13.6. The van der Waals surface area contributed by atoms with Gasteiger partial charge in [0.1, 0.15) is 11.6 Å². The fourth-order valence-corrected chi connectivity index (χ4v) is 4.01. The Labute approximate surface area is 173 Å². The number of para-hydroxylation sites is 2. The molecule has 1 atom stereocenters. The smallest absolute Gasteiger partial charge is 0.210 e. The van der Waals surface area contributed by atoms with E-state index in [0.717, 1.165) is 23.3 Å². The molecule has 0 aliphatic heterocycles. The molecule has 0 spiro atoms. The molecule has 3 rings (SSSR count). The highest BCUT2D eigenvalue weighted by Gasteiger charge is 2.27. The van der Waals surface area contributed by atoms with Crippen molar-refractivity contribution in [3.63, 3.8) is 0 Å². The topological polar surface area (TPSA) is 70.2 Å². The third-order valence-corrected chi connectivity index (χ3v) is 4.93. The van der Waals surface area contributed by atoms with Crippen molar-refractivity contribution in [1.82, 2.24) is 15.3 Å². The Kier molecular flexibility index (Phi) is 6.30. The van der Waals surface area contributed by atoms with E-state index in [1.807, 2.05) is 36.4 Å². The fourth-order valence-electron chi connectivity index (χ4n) is 4.01. The van der Waals surface area contributed by atoms with Crippen molar-refractivity contribution in [3.05, 3.63) is 59.9 Å². The van der Waals surface area contributed by atoms with Gasteiger partial charge in [-0.05, 0) is 47.1 Å². The van der Waals surface area contributed by atoms with Gasteiger partial charge in [0.15, 0.2) is 0 Å². The molecule has 1 aromatic heterocycles. The van der Waals surface area contributed by atoms with Crippen LogP contribution in [0.5, 0.6) is 5.75 Å². The number of aliphatic hydroxyl groups is 1. The molecule has 29 heavy (non-hydrogen) atoms. The lowest BCUT2D eigenvalue weighted by atomic mass is 9.72. The van der Waals surface area contributed by atoms with Crippen LogP contribution in [0.2, 0.25) is 0 Å². The second kappa shape index (κ2) is 8.56. The van der Waals surface area contributed by atoms with Crippen molar-refractivity contribution in [1.29, 1.82) is 0 Å². The van der Waals surface area contributed by atoms with Crippen molar-refractivity contribution in [2.45, 2.75) is 59.3 Å². The van der Waals surface area contributed by atoms with Gasteiger partial charge in [0, 0.05) is 0 Å². The molecule has 2 aromatic carbocycles. The molecule has 3 aromatic rings. The standard InChI is InChI=1S/C24H33N3O2/c1-23(2,3)16-24(4,5)17-10-12-18(13-11-17)29-22(28)15-25-14-21-26-19-8-6-7-9-20(19)27-21/h6-13,22,25,28H,14-16H2,1-5H3,(H,26,27). The maximum absolute atomic E-state index is 10.2. The van der Waals surface area contributed by atoms with Crippen LogP contribution in [-0.4, -0.2) is 27.9 Å². The van der Waals surface area contributed by atoms with Crippen LogP contribution in [0.1, 0.15) is 52.4 Å². The van der Waals surface area contributed by atoms with Crippen molar-refractivity contribution in [3.8, 4) is 5.75 Å². The maximum atomic E-state index is 10.2. The number of nitrogens with zero attached hydrogens (tertiary/aromatic N) is 1. The first-order valence-electron chi connectivity index (χ1n) is 10.2. The molecule has 0 saturated carbocycles. The summed E-state index contributed by atoms with van der Waals surface area (Å²) in [7, 11) is 0. The van der Waals surface area contributed by atoms with Gasteiger partial charge in [-0.3, -0.25) is 0 Å². The molecule has 0 amide bonds. The minimum absolute atomic E-state index is 0.0868. The molecule has 0 saturated heterocycles. The number of imidazole rings is 1. The lowest BCUT2D eigenvalue weighted by Crippen LogP contribution is -2.31. The van der Waals surface area contributed by atoms with Crippen molar-refractivity contribution >= 4 is 11.0 Å². The maximum Gasteiger partial charge on any atom is 0.210 e. The van der Waals surface area contributed by atoms with E-state index in [2.05, 4.69) is 62.0 Å². The van der Waals surface area contributed by atoms with Gasteiger partial charge in [0.25, 0.3) is 0 Å². The van der Waals surface area contributed by atoms with E-state index in [4.69, 9.17) is 4.74 Å². The van der Waals surface area contributed by atoms with Crippen LogP contribution in [0.25, 0.3) is 11.0 Å². The summed E-state index contributed by atoms with van der Waals surface area (Å²) in [6.45, 7) is 12.2.